The number of rotatable bonds is 6. The minimum Gasteiger partial charge on any atom is -0.458 e. The smallest absolute Gasteiger partial charge is 0.127 e. The van der Waals surface area contributed by atoms with Gasteiger partial charge in [0.05, 0.1) is 0 Å². The maximum Gasteiger partial charge on any atom is 0.127 e. The van der Waals surface area contributed by atoms with Gasteiger partial charge in [0.2, 0.25) is 0 Å². The Hall–Kier alpha value is -1.76. The molecule has 0 aromatic carbocycles. The van der Waals surface area contributed by atoms with E-state index in [1.54, 1.807) is 18.2 Å². The predicted molar refractivity (Wildman–Crippen MR) is 67.3 cm³/mol. The maximum absolute atomic E-state index is 5.47. The van der Waals surface area contributed by atoms with Crippen molar-refractivity contribution >= 4 is 0 Å². The molecule has 0 heterocycles. The molecule has 0 atom stereocenters. The third kappa shape index (κ3) is 7.32. The Morgan fingerprint density at radius 2 is 1.80 bits per heavy atom. The first-order valence-corrected chi connectivity index (χ1v) is 4.86. The highest BCUT2D eigenvalue weighted by atomic mass is 16.5. The molecule has 0 aliphatic heterocycles. The average Bonchev–Trinajstić information content (AvgIpc) is 2.19. The van der Waals surface area contributed by atoms with Gasteiger partial charge in [-0.1, -0.05) is 43.5 Å². The zero-order valence-corrected chi connectivity index (χ0v) is 9.44. The average molecular weight is 202 g/mol. The van der Waals surface area contributed by atoms with Gasteiger partial charge in [-0.3, -0.25) is 0 Å². The summed E-state index contributed by atoms with van der Waals surface area (Å²) in [4.78, 5) is 0. The second kappa shape index (κ2) is 8.82. The molecular weight excluding hydrogens is 184 g/mol. The van der Waals surface area contributed by atoms with Crippen LogP contribution >= 0.6 is 0 Å². The van der Waals surface area contributed by atoms with E-state index in [1.807, 2.05) is 44.2 Å². The molecule has 0 rings (SSSR count). The summed E-state index contributed by atoms with van der Waals surface area (Å²) in [6.07, 6.45) is 14.8. The minimum absolute atomic E-state index is 0.597. The SMILES string of the molecule is C=C/C=C(\C=C/C)OC(=C)/C=C\C=C/C. The zero-order chi connectivity index (χ0) is 11.5. The topological polar surface area (TPSA) is 9.23 Å². The lowest BCUT2D eigenvalue weighted by molar-refractivity contribution is 0.338. The van der Waals surface area contributed by atoms with Gasteiger partial charge >= 0.3 is 0 Å². The lowest BCUT2D eigenvalue weighted by Gasteiger charge is -2.04. The van der Waals surface area contributed by atoms with Crippen LogP contribution in [0.2, 0.25) is 0 Å². The van der Waals surface area contributed by atoms with Crippen molar-refractivity contribution in [1.82, 2.24) is 0 Å². The van der Waals surface area contributed by atoms with Gasteiger partial charge in [0.15, 0.2) is 0 Å². The quantitative estimate of drug-likeness (QED) is 0.461. The zero-order valence-electron chi connectivity index (χ0n) is 9.44. The van der Waals surface area contributed by atoms with Crippen LogP contribution in [0.3, 0.4) is 0 Å². The van der Waals surface area contributed by atoms with Crippen LogP contribution in [0, 0.1) is 0 Å². The third-order valence-corrected chi connectivity index (χ3v) is 1.45. The summed E-state index contributed by atoms with van der Waals surface area (Å²) in [5, 5.41) is 0. The molecule has 0 saturated carbocycles. The first-order chi connectivity index (χ1) is 7.24. The van der Waals surface area contributed by atoms with Crippen molar-refractivity contribution in [2.75, 3.05) is 0 Å². The van der Waals surface area contributed by atoms with Gasteiger partial charge in [-0.15, -0.1) is 0 Å². The van der Waals surface area contributed by atoms with E-state index in [2.05, 4.69) is 13.2 Å². The highest BCUT2D eigenvalue weighted by Gasteiger charge is 1.92. The number of ether oxygens (including phenoxy) is 1. The first-order valence-electron chi connectivity index (χ1n) is 4.86. The largest absolute Gasteiger partial charge is 0.458 e. The lowest BCUT2D eigenvalue weighted by atomic mass is 10.3. The fourth-order valence-electron chi connectivity index (χ4n) is 0.863. The van der Waals surface area contributed by atoms with Crippen molar-refractivity contribution < 1.29 is 4.74 Å². The summed E-state index contributed by atoms with van der Waals surface area (Å²) in [5.74, 6) is 1.32. The molecule has 0 saturated heterocycles. The van der Waals surface area contributed by atoms with Crippen LogP contribution in [0.1, 0.15) is 13.8 Å². The third-order valence-electron chi connectivity index (χ3n) is 1.45. The molecule has 80 valence electrons. The Morgan fingerprint density at radius 3 is 2.33 bits per heavy atom. The maximum atomic E-state index is 5.47. The van der Waals surface area contributed by atoms with Crippen LogP contribution in [-0.4, -0.2) is 0 Å². The second-order valence-corrected chi connectivity index (χ2v) is 2.76. The van der Waals surface area contributed by atoms with Crippen LogP contribution < -0.4 is 0 Å². The molecule has 1 nitrogen and oxygen atoms in total. The summed E-state index contributed by atoms with van der Waals surface area (Å²) in [6, 6.07) is 0. The van der Waals surface area contributed by atoms with Gasteiger partial charge in [-0.05, 0) is 32.1 Å². The van der Waals surface area contributed by atoms with Gasteiger partial charge in [0, 0.05) is 0 Å². The number of allylic oxidation sites excluding steroid dienone is 8. The molecule has 0 aromatic heterocycles. The molecule has 0 unspecified atom stereocenters. The van der Waals surface area contributed by atoms with Gasteiger partial charge in [0.1, 0.15) is 11.5 Å². The van der Waals surface area contributed by atoms with Crippen LogP contribution in [-0.2, 0) is 4.74 Å². The lowest BCUT2D eigenvalue weighted by Crippen LogP contribution is -1.86. The van der Waals surface area contributed by atoms with Crippen molar-refractivity contribution in [1.29, 1.82) is 0 Å². The molecule has 1 heteroatoms. The number of hydrogen-bond donors (Lipinski definition) is 0. The van der Waals surface area contributed by atoms with Gasteiger partial charge < -0.3 is 4.74 Å². The van der Waals surface area contributed by atoms with E-state index in [0.717, 1.165) is 5.76 Å². The van der Waals surface area contributed by atoms with E-state index in [-0.39, 0.29) is 0 Å². The molecule has 0 fully saturated rings. The summed E-state index contributed by atoms with van der Waals surface area (Å²) < 4.78 is 5.47. The van der Waals surface area contributed by atoms with Crippen LogP contribution in [0.5, 0.6) is 0 Å². The Balaban J connectivity index is 4.36. The van der Waals surface area contributed by atoms with Crippen molar-refractivity contribution in [3.63, 3.8) is 0 Å². The van der Waals surface area contributed by atoms with Crippen molar-refractivity contribution in [3.05, 3.63) is 73.3 Å². The Morgan fingerprint density at radius 1 is 1.07 bits per heavy atom. The fourth-order valence-corrected chi connectivity index (χ4v) is 0.863. The standard InChI is InChI=1S/C14H18O/c1-5-8-9-12-13(4)15-14(10-6-2)11-7-3/h5-12H,2,4H2,1,3H3/b8-5-,11-7-,12-9-,14-10+. The van der Waals surface area contributed by atoms with Crippen LogP contribution in [0.25, 0.3) is 0 Å². The Labute approximate surface area is 92.5 Å². The molecule has 0 radical (unpaired) electrons. The Bertz CT molecular complexity index is 314. The molecule has 0 aliphatic carbocycles. The highest BCUT2D eigenvalue weighted by Crippen LogP contribution is 2.07. The summed E-state index contributed by atoms with van der Waals surface area (Å²) in [7, 11) is 0. The van der Waals surface area contributed by atoms with E-state index in [4.69, 9.17) is 4.74 Å². The molecule has 0 spiro atoms. The van der Waals surface area contributed by atoms with Gasteiger partial charge in [-0.25, -0.2) is 0 Å². The number of hydrogen-bond acceptors (Lipinski definition) is 1. The molecule has 0 aliphatic rings. The van der Waals surface area contributed by atoms with E-state index in [0.29, 0.717) is 5.76 Å². The molecular formula is C14H18O. The highest BCUT2D eigenvalue weighted by molar-refractivity contribution is 5.22. The second-order valence-electron chi connectivity index (χ2n) is 2.76. The van der Waals surface area contributed by atoms with Crippen LogP contribution in [0.15, 0.2) is 73.3 Å². The first kappa shape index (κ1) is 13.2. The van der Waals surface area contributed by atoms with Crippen molar-refractivity contribution in [2.45, 2.75) is 13.8 Å². The minimum atomic E-state index is 0.597. The van der Waals surface area contributed by atoms with Crippen molar-refractivity contribution in [3.8, 4) is 0 Å². The van der Waals surface area contributed by atoms with E-state index in [1.165, 1.54) is 0 Å². The summed E-state index contributed by atoms with van der Waals surface area (Å²) in [5.41, 5.74) is 0. The van der Waals surface area contributed by atoms with Gasteiger partial charge in [-0.2, -0.15) is 0 Å². The monoisotopic (exact) mass is 202 g/mol. The molecule has 0 amide bonds. The summed E-state index contributed by atoms with van der Waals surface area (Å²) >= 11 is 0. The molecule has 0 N–H and O–H groups in total. The normalized spacial score (nSPS) is 12.8. The summed E-state index contributed by atoms with van der Waals surface area (Å²) in [6.45, 7) is 11.3. The van der Waals surface area contributed by atoms with E-state index in [9.17, 15) is 0 Å². The van der Waals surface area contributed by atoms with E-state index < -0.39 is 0 Å². The van der Waals surface area contributed by atoms with Crippen LogP contribution in [0.4, 0.5) is 0 Å². The Kier molecular flexibility index (Phi) is 7.79. The molecule has 0 aromatic rings. The van der Waals surface area contributed by atoms with E-state index >= 15 is 0 Å². The predicted octanol–water partition coefficient (Wildman–Crippen LogP) is 4.30. The molecule has 15 heavy (non-hydrogen) atoms. The fraction of sp³-hybridized carbons (Fsp3) is 0.143. The van der Waals surface area contributed by atoms with Gasteiger partial charge in [0.25, 0.3) is 0 Å². The molecule has 0 bridgehead atoms. The van der Waals surface area contributed by atoms with Crippen molar-refractivity contribution in [2.24, 2.45) is 0 Å².